The highest BCUT2D eigenvalue weighted by Gasteiger charge is 2.38. The molecular formula is C28H47NO5. The van der Waals surface area contributed by atoms with Crippen LogP contribution in [-0.2, 0) is 23.9 Å². The van der Waals surface area contributed by atoms with Gasteiger partial charge in [-0.2, -0.15) is 0 Å². The lowest BCUT2D eigenvalue weighted by Gasteiger charge is -2.27. The van der Waals surface area contributed by atoms with Gasteiger partial charge in [-0.25, -0.2) is 0 Å². The topological polar surface area (TPSA) is 80.8 Å². The molecule has 0 radical (unpaired) electrons. The van der Waals surface area contributed by atoms with E-state index in [2.05, 4.69) is 6.92 Å². The molecule has 0 saturated heterocycles. The van der Waals surface area contributed by atoms with Gasteiger partial charge in [-0.1, -0.05) is 77.6 Å². The predicted octanol–water partition coefficient (Wildman–Crippen LogP) is 5.96. The lowest BCUT2D eigenvalue weighted by Crippen LogP contribution is -2.40. The van der Waals surface area contributed by atoms with Crippen LogP contribution in [-0.4, -0.2) is 47.4 Å². The van der Waals surface area contributed by atoms with Gasteiger partial charge in [0.25, 0.3) is 0 Å². The molecule has 1 atom stereocenters. The molecule has 0 aromatic carbocycles. The molecule has 1 aliphatic carbocycles. The van der Waals surface area contributed by atoms with Crippen LogP contribution in [0.25, 0.3) is 0 Å². The first-order chi connectivity index (χ1) is 16.1. The van der Waals surface area contributed by atoms with Gasteiger partial charge in [0.05, 0.1) is 11.6 Å². The predicted molar refractivity (Wildman–Crippen MR) is 135 cm³/mol. The Morgan fingerprint density at radius 1 is 0.853 bits per heavy atom. The van der Waals surface area contributed by atoms with Crippen LogP contribution in [0.4, 0.5) is 0 Å². The van der Waals surface area contributed by atoms with E-state index in [1.807, 2.05) is 20.8 Å². The summed E-state index contributed by atoms with van der Waals surface area (Å²) >= 11 is 0. The van der Waals surface area contributed by atoms with Crippen LogP contribution in [0.3, 0.4) is 0 Å². The van der Waals surface area contributed by atoms with Crippen LogP contribution < -0.4 is 0 Å². The second-order valence-electron chi connectivity index (χ2n) is 10.6. The molecule has 0 spiro atoms. The fraction of sp³-hybridized carbons (Fsp3) is 0.786. The van der Waals surface area contributed by atoms with E-state index in [-0.39, 0.29) is 23.9 Å². The molecule has 0 bridgehead atoms. The van der Waals surface area contributed by atoms with Gasteiger partial charge in [-0.15, -0.1) is 0 Å². The van der Waals surface area contributed by atoms with E-state index in [1.54, 1.807) is 11.9 Å². The molecule has 0 aromatic heterocycles. The van der Waals surface area contributed by atoms with Gasteiger partial charge in [0.15, 0.2) is 5.78 Å². The summed E-state index contributed by atoms with van der Waals surface area (Å²) in [5.74, 6) is -2.59. The van der Waals surface area contributed by atoms with Gasteiger partial charge in [0, 0.05) is 26.1 Å². The smallest absolute Gasteiger partial charge is 0.306 e. The number of unbranched alkanes of at least 4 members (excludes halogenated alkanes) is 10. The Morgan fingerprint density at radius 3 is 1.91 bits per heavy atom. The third-order valence-corrected chi connectivity index (χ3v) is 6.20. The van der Waals surface area contributed by atoms with Crippen molar-refractivity contribution >= 4 is 23.3 Å². The molecule has 0 amide bonds. The number of Topliss-reactive ketones (excluding diaryl/α,β-unsaturated/α-hetero) is 2. The summed E-state index contributed by atoms with van der Waals surface area (Å²) < 4.78 is 5.30. The number of ketones is 3. The van der Waals surface area contributed by atoms with Crippen LogP contribution in [0.1, 0.15) is 118 Å². The second-order valence-corrected chi connectivity index (χ2v) is 10.6. The maximum absolute atomic E-state index is 12.9. The average molecular weight is 478 g/mol. The maximum Gasteiger partial charge on any atom is 0.306 e. The zero-order chi connectivity index (χ0) is 25.6. The number of nitrogens with zero attached hydrogens (tertiary/aromatic N) is 1. The Bertz CT molecular complexity index is 704. The highest BCUT2D eigenvalue weighted by Crippen LogP contribution is 2.24. The largest absolute Gasteiger partial charge is 0.460 e. The van der Waals surface area contributed by atoms with Crippen molar-refractivity contribution in [1.29, 1.82) is 0 Å². The van der Waals surface area contributed by atoms with Crippen molar-refractivity contribution in [3.05, 3.63) is 11.8 Å². The number of hydrogen-bond acceptors (Lipinski definition) is 6. The first kappa shape index (κ1) is 30.1. The summed E-state index contributed by atoms with van der Waals surface area (Å²) in [6.45, 7) is 8.13. The maximum atomic E-state index is 12.9. The molecule has 0 aromatic rings. The van der Waals surface area contributed by atoms with E-state index in [9.17, 15) is 19.2 Å². The van der Waals surface area contributed by atoms with Crippen molar-refractivity contribution < 1.29 is 23.9 Å². The lowest BCUT2D eigenvalue weighted by atomic mass is 9.84. The van der Waals surface area contributed by atoms with Gasteiger partial charge in [-0.3, -0.25) is 19.2 Å². The number of hydrogen-bond donors (Lipinski definition) is 0. The molecule has 1 aliphatic rings. The molecule has 0 saturated carbocycles. The van der Waals surface area contributed by atoms with E-state index in [0.29, 0.717) is 19.4 Å². The molecule has 0 fully saturated rings. The molecular weight excluding hydrogens is 430 g/mol. The van der Waals surface area contributed by atoms with E-state index >= 15 is 0 Å². The van der Waals surface area contributed by atoms with E-state index in [0.717, 1.165) is 25.3 Å². The van der Waals surface area contributed by atoms with E-state index in [1.165, 1.54) is 51.4 Å². The summed E-state index contributed by atoms with van der Waals surface area (Å²) in [5.41, 5.74) is -0.249. The number of likely N-dealkylation sites (N-methyl/N-ethyl adjacent to an activating group) is 1. The van der Waals surface area contributed by atoms with Crippen LogP contribution in [0, 0.1) is 5.92 Å². The minimum absolute atomic E-state index is 0.234. The van der Waals surface area contributed by atoms with Crippen molar-refractivity contribution in [3.8, 4) is 0 Å². The van der Waals surface area contributed by atoms with Crippen LogP contribution >= 0.6 is 0 Å². The highest BCUT2D eigenvalue weighted by molar-refractivity contribution is 6.49. The number of ether oxygens (including phenoxy) is 1. The highest BCUT2D eigenvalue weighted by atomic mass is 16.6. The van der Waals surface area contributed by atoms with Crippen molar-refractivity contribution in [2.45, 2.75) is 123 Å². The zero-order valence-electron chi connectivity index (χ0n) is 22.2. The minimum Gasteiger partial charge on any atom is -0.460 e. The van der Waals surface area contributed by atoms with E-state index < -0.39 is 23.1 Å². The number of carbonyl (C=O) groups is 4. The zero-order valence-corrected chi connectivity index (χ0v) is 22.2. The fourth-order valence-electron chi connectivity index (χ4n) is 4.28. The van der Waals surface area contributed by atoms with Crippen LogP contribution in [0.5, 0.6) is 0 Å². The van der Waals surface area contributed by atoms with Crippen molar-refractivity contribution in [3.63, 3.8) is 0 Å². The SMILES string of the molecule is CCCCCCCCCCCCCC1C(=O)C(=O)C=C(N(C)CCCC(=O)OC(C)(C)C)C1=O. The van der Waals surface area contributed by atoms with Crippen LogP contribution in [0.2, 0.25) is 0 Å². The molecule has 1 unspecified atom stereocenters. The van der Waals surface area contributed by atoms with E-state index in [4.69, 9.17) is 4.74 Å². The number of rotatable bonds is 17. The summed E-state index contributed by atoms with van der Waals surface area (Å²) in [6, 6.07) is 0. The molecule has 34 heavy (non-hydrogen) atoms. The number of carbonyl (C=O) groups excluding carboxylic acids is 4. The number of allylic oxidation sites excluding steroid dienone is 2. The van der Waals surface area contributed by atoms with Crippen LogP contribution in [0.15, 0.2) is 11.8 Å². The molecule has 0 heterocycles. The fourth-order valence-corrected chi connectivity index (χ4v) is 4.28. The molecule has 0 aliphatic heterocycles. The Morgan fingerprint density at radius 2 is 1.38 bits per heavy atom. The number of esters is 1. The lowest BCUT2D eigenvalue weighted by molar-refractivity contribution is -0.154. The first-order valence-electron chi connectivity index (χ1n) is 13.3. The third-order valence-electron chi connectivity index (χ3n) is 6.20. The normalized spacial score (nSPS) is 16.6. The quantitative estimate of drug-likeness (QED) is 0.111. The molecule has 194 valence electrons. The standard InChI is InChI=1S/C28H47NO5/c1-6-7-8-9-10-11-12-13-14-15-16-18-22-26(32)23(21-24(30)27(22)33)29(5)20-17-19-25(31)34-28(2,3)4/h21-22H,6-20H2,1-5H3. The molecule has 0 N–H and O–H groups in total. The minimum atomic E-state index is -0.862. The van der Waals surface area contributed by atoms with Gasteiger partial charge in [0.2, 0.25) is 11.6 Å². The van der Waals surface area contributed by atoms with Gasteiger partial charge in [0.1, 0.15) is 5.60 Å². The molecule has 6 heteroatoms. The summed E-state index contributed by atoms with van der Waals surface area (Å²) in [7, 11) is 1.72. The summed E-state index contributed by atoms with van der Waals surface area (Å²) in [4.78, 5) is 51.1. The van der Waals surface area contributed by atoms with Crippen molar-refractivity contribution in [2.75, 3.05) is 13.6 Å². The summed E-state index contributed by atoms with van der Waals surface area (Å²) in [5, 5.41) is 0. The third kappa shape index (κ3) is 11.9. The molecule has 6 nitrogen and oxygen atoms in total. The van der Waals surface area contributed by atoms with Crippen molar-refractivity contribution in [1.82, 2.24) is 4.90 Å². The Labute approximate surface area is 206 Å². The van der Waals surface area contributed by atoms with Gasteiger partial charge in [-0.05, 0) is 33.6 Å². The second kappa shape index (κ2) is 15.8. The monoisotopic (exact) mass is 477 g/mol. The Balaban J connectivity index is 2.37. The first-order valence-corrected chi connectivity index (χ1v) is 13.3. The Hall–Kier alpha value is -1.98. The van der Waals surface area contributed by atoms with Crippen molar-refractivity contribution in [2.24, 2.45) is 5.92 Å². The molecule has 1 rings (SSSR count). The summed E-state index contributed by atoms with van der Waals surface area (Å²) in [6.07, 6.45) is 15.5. The van der Waals surface area contributed by atoms with Gasteiger partial charge >= 0.3 is 5.97 Å². The average Bonchev–Trinajstić information content (AvgIpc) is 2.75. The Kier molecular flexibility index (Phi) is 14.0. The van der Waals surface area contributed by atoms with Gasteiger partial charge < -0.3 is 9.64 Å².